The molecule has 2 aliphatic heterocycles. The van der Waals surface area contributed by atoms with Crippen molar-refractivity contribution in [2.24, 2.45) is 0 Å². The van der Waals surface area contributed by atoms with Crippen LogP contribution in [0.2, 0.25) is 0 Å². The smallest absolute Gasteiger partial charge is 0.399 e. The lowest BCUT2D eigenvalue weighted by Gasteiger charge is -2.32. The van der Waals surface area contributed by atoms with Crippen LogP contribution in [-0.4, -0.2) is 54.5 Å². The predicted octanol–water partition coefficient (Wildman–Crippen LogP) is 3.74. The molecular weight excluding hydrogens is 362 g/mol. The Morgan fingerprint density at radius 3 is 2.48 bits per heavy atom. The Hall–Kier alpha value is -1.02. The summed E-state index contributed by atoms with van der Waals surface area (Å²) in [5, 5.41) is 1.20. The van der Waals surface area contributed by atoms with Gasteiger partial charge in [0.05, 0.1) is 26.4 Å². The van der Waals surface area contributed by atoms with Gasteiger partial charge >= 0.3 is 7.12 Å². The maximum absolute atomic E-state index is 12.5. The first-order valence-corrected chi connectivity index (χ1v) is 10.6. The zero-order valence-electron chi connectivity index (χ0n) is 16.6. The normalized spacial score (nSPS) is 23.4. The number of hydrogen-bond donors (Lipinski definition) is 0. The van der Waals surface area contributed by atoms with Crippen LogP contribution in [0.25, 0.3) is 10.2 Å². The Labute approximate surface area is 165 Å². The van der Waals surface area contributed by atoms with E-state index in [2.05, 4.69) is 50.8 Å². The van der Waals surface area contributed by atoms with Crippen LogP contribution < -0.4 is 5.46 Å². The van der Waals surface area contributed by atoms with Gasteiger partial charge in [0.2, 0.25) is 0 Å². The van der Waals surface area contributed by atoms with E-state index in [1.165, 1.54) is 9.71 Å². The minimum absolute atomic E-state index is 0.256. The molecule has 0 aliphatic carbocycles. The molecule has 0 amide bonds. The molecule has 2 aliphatic rings. The SMILES string of the molecule is CC1(C)OB(c2ccc3sc(C4CCN(CCF)CC4)nc3c2)OC1(C)C. The van der Waals surface area contributed by atoms with E-state index < -0.39 is 0 Å². The Balaban J connectivity index is 1.51. The minimum atomic E-state index is -0.353. The van der Waals surface area contributed by atoms with Crippen molar-refractivity contribution in [3.05, 3.63) is 23.2 Å². The summed E-state index contributed by atoms with van der Waals surface area (Å²) in [6.07, 6.45) is 2.12. The summed E-state index contributed by atoms with van der Waals surface area (Å²) in [7, 11) is -0.353. The summed E-state index contributed by atoms with van der Waals surface area (Å²) in [6, 6.07) is 6.33. The fraction of sp³-hybridized carbons (Fsp3) is 0.650. The summed E-state index contributed by atoms with van der Waals surface area (Å²) in [4.78, 5) is 7.14. The van der Waals surface area contributed by atoms with Crippen LogP contribution in [0.15, 0.2) is 18.2 Å². The molecule has 2 saturated heterocycles. The molecule has 0 N–H and O–H groups in total. The van der Waals surface area contributed by atoms with Gasteiger partial charge in [0.15, 0.2) is 0 Å². The van der Waals surface area contributed by atoms with Crippen molar-refractivity contribution >= 4 is 34.1 Å². The molecule has 0 atom stereocenters. The molecule has 27 heavy (non-hydrogen) atoms. The third-order valence-electron chi connectivity index (χ3n) is 6.29. The summed E-state index contributed by atoms with van der Waals surface area (Å²) < 4.78 is 26.1. The Morgan fingerprint density at radius 2 is 1.85 bits per heavy atom. The van der Waals surface area contributed by atoms with Crippen LogP contribution in [0, 0.1) is 0 Å². The number of hydrogen-bond acceptors (Lipinski definition) is 5. The van der Waals surface area contributed by atoms with Crippen molar-refractivity contribution in [3.8, 4) is 0 Å². The molecule has 0 unspecified atom stereocenters. The zero-order valence-corrected chi connectivity index (χ0v) is 17.4. The van der Waals surface area contributed by atoms with E-state index in [4.69, 9.17) is 14.3 Å². The monoisotopic (exact) mass is 390 g/mol. The van der Waals surface area contributed by atoms with E-state index >= 15 is 0 Å². The van der Waals surface area contributed by atoms with E-state index in [1.807, 2.05) is 0 Å². The Bertz CT molecular complexity index is 801. The first-order chi connectivity index (χ1) is 12.8. The van der Waals surface area contributed by atoms with Crippen molar-refractivity contribution in [1.82, 2.24) is 9.88 Å². The molecule has 2 aromatic rings. The van der Waals surface area contributed by atoms with E-state index in [0.29, 0.717) is 12.5 Å². The van der Waals surface area contributed by atoms with E-state index in [1.54, 1.807) is 11.3 Å². The third-order valence-corrected chi connectivity index (χ3v) is 7.49. The molecule has 146 valence electrons. The Morgan fingerprint density at radius 1 is 1.19 bits per heavy atom. The number of thiazole rings is 1. The van der Waals surface area contributed by atoms with Gasteiger partial charge < -0.3 is 14.2 Å². The maximum Gasteiger partial charge on any atom is 0.494 e. The topological polar surface area (TPSA) is 34.6 Å². The first-order valence-electron chi connectivity index (χ1n) is 9.83. The molecular formula is C20H28BFN2O2S. The van der Waals surface area contributed by atoms with Crippen LogP contribution in [-0.2, 0) is 9.31 Å². The standard InChI is InChI=1S/C20H28BFN2O2S/c1-19(2)20(3,4)26-21(25-19)15-5-6-17-16(13-15)23-18(27-17)14-7-10-24(11-8-14)12-9-22/h5-6,13-14H,7-12H2,1-4H3. The number of alkyl halides is 1. The zero-order chi connectivity index (χ0) is 19.2. The molecule has 7 heteroatoms. The third kappa shape index (κ3) is 3.67. The van der Waals surface area contributed by atoms with E-state index in [9.17, 15) is 4.39 Å². The molecule has 1 aromatic carbocycles. The van der Waals surface area contributed by atoms with Crippen LogP contribution >= 0.6 is 11.3 Å². The van der Waals surface area contributed by atoms with Gasteiger partial charge in [-0.3, -0.25) is 0 Å². The van der Waals surface area contributed by atoms with Crippen LogP contribution in [0.4, 0.5) is 4.39 Å². The highest BCUT2D eigenvalue weighted by Gasteiger charge is 2.51. The van der Waals surface area contributed by atoms with Crippen molar-refractivity contribution in [2.45, 2.75) is 57.7 Å². The number of likely N-dealkylation sites (tertiary alicyclic amines) is 1. The molecule has 4 rings (SSSR count). The Kier molecular flexibility index (Phi) is 5.08. The lowest BCUT2D eigenvalue weighted by Crippen LogP contribution is -2.41. The molecule has 0 radical (unpaired) electrons. The highest BCUT2D eigenvalue weighted by molar-refractivity contribution is 7.18. The average molecular weight is 390 g/mol. The van der Waals surface area contributed by atoms with Crippen molar-refractivity contribution in [2.75, 3.05) is 26.3 Å². The van der Waals surface area contributed by atoms with Crippen molar-refractivity contribution in [1.29, 1.82) is 0 Å². The molecule has 3 heterocycles. The van der Waals surface area contributed by atoms with Crippen LogP contribution in [0.3, 0.4) is 0 Å². The van der Waals surface area contributed by atoms with Gasteiger partial charge in [-0.15, -0.1) is 11.3 Å². The number of nitrogens with zero attached hydrogens (tertiary/aromatic N) is 2. The minimum Gasteiger partial charge on any atom is -0.399 e. The molecule has 4 nitrogen and oxygen atoms in total. The molecule has 0 spiro atoms. The van der Waals surface area contributed by atoms with Crippen molar-refractivity contribution < 1.29 is 13.7 Å². The fourth-order valence-corrected chi connectivity index (χ4v) is 4.90. The van der Waals surface area contributed by atoms with Gasteiger partial charge in [-0.25, -0.2) is 9.37 Å². The number of fused-ring (bicyclic) bond motifs is 1. The van der Waals surface area contributed by atoms with E-state index in [0.717, 1.165) is 36.9 Å². The quantitative estimate of drug-likeness (QED) is 0.745. The van der Waals surface area contributed by atoms with Crippen molar-refractivity contribution in [3.63, 3.8) is 0 Å². The van der Waals surface area contributed by atoms with E-state index in [-0.39, 0.29) is 25.0 Å². The highest BCUT2D eigenvalue weighted by Crippen LogP contribution is 2.37. The number of aromatic nitrogens is 1. The second kappa shape index (κ2) is 7.10. The lowest BCUT2D eigenvalue weighted by molar-refractivity contribution is 0.00578. The van der Waals surface area contributed by atoms with Gasteiger partial charge in [0, 0.05) is 12.5 Å². The predicted molar refractivity (Wildman–Crippen MR) is 110 cm³/mol. The maximum atomic E-state index is 12.5. The lowest BCUT2D eigenvalue weighted by atomic mass is 9.79. The number of piperidine rings is 1. The van der Waals surface area contributed by atoms with Gasteiger partial charge in [0.25, 0.3) is 0 Å². The average Bonchev–Trinajstić information content (AvgIpc) is 3.13. The molecule has 0 bridgehead atoms. The molecule has 0 saturated carbocycles. The van der Waals surface area contributed by atoms with Crippen LogP contribution in [0.5, 0.6) is 0 Å². The summed E-state index contributed by atoms with van der Waals surface area (Å²) in [6.45, 7) is 10.5. The summed E-state index contributed by atoms with van der Waals surface area (Å²) in [5.74, 6) is 0.485. The molecule has 2 fully saturated rings. The second-order valence-electron chi connectivity index (χ2n) is 8.67. The first kappa shape index (κ1) is 19.3. The summed E-state index contributed by atoms with van der Waals surface area (Å²) in [5.41, 5.74) is 1.37. The molecule has 1 aromatic heterocycles. The van der Waals surface area contributed by atoms with Gasteiger partial charge in [-0.2, -0.15) is 0 Å². The van der Waals surface area contributed by atoms with Gasteiger partial charge in [-0.1, -0.05) is 6.07 Å². The fourth-order valence-electron chi connectivity index (χ4n) is 3.79. The van der Waals surface area contributed by atoms with Gasteiger partial charge in [-0.05, 0) is 71.2 Å². The van der Waals surface area contributed by atoms with Gasteiger partial charge in [0.1, 0.15) is 6.67 Å². The number of halogens is 1. The second-order valence-corrected chi connectivity index (χ2v) is 9.73. The largest absolute Gasteiger partial charge is 0.494 e. The number of rotatable bonds is 4. The number of benzene rings is 1. The highest BCUT2D eigenvalue weighted by atomic mass is 32.1. The van der Waals surface area contributed by atoms with Crippen LogP contribution in [0.1, 0.15) is 51.5 Å². The summed E-state index contributed by atoms with van der Waals surface area (Å²) >= 11 is 1.78.